The van der Waals surface area contributed by atoms with Crippen molar-refractivity contribution in [1.29, 1.82) is 0 Å². The van der Waals surface area contributed by atoms with Crippen LogP contribution in [0.2, 0.25) is 0 Å². The Balaban J connectivity index is 1.78. The maximum Gasteiger partial charge on any atom is 0.408 e. The third-order valence-corrected chi connectivity index (χ3v) is 5.26. The van der Waals surface area contributed by atoms with Gasteiger partial charge in [0.2, 0.25) is 5.91 Å². The summed E-state index contributed by atoms with van der Waals surface area (Å²) in [4.78, 5) is 14.7. The van der Waals surface area contributed by atoms with Gasteiger partial charge in [0, 0.05) is 24.2 Å². The lowest BCUT2D eigenvalue weighted by molar-refractivity contribution is -0.143. The minimum Gasteiger partial charge on any atom is -0.377 e. The highest BCUT2D eigenvalue weighted by Crippen LogP contribution is 2.31. The Kier molecular flexibility index (Phi) is 6.31. The first kappa shape index (κ1) is 21.4. The van der Waals surface area contributed by atoms with Crippen LogP contribution in [-0.4, -0.2) is 46.5 Å². The first-order chi connectivity index (χ1) is 13.7. The number of halogens is 3. The number of alkyl halides is 3. The smallest absolute Gasteiger partial charge is 0.377 e. The second kappa shape index (κ2) is 8.57. The Morgan fingerprint density at radius 1 is 1.28 bits per heavy atom. The Bertz CT molecular complexity index is 877. The van der Waals surface area contributed by atoms with Crippen molar-refractivity contribution in [1.82, 2.24) is 14.7 Å². The number of amides is 1. The zero-order valence-electron chi connectivity index (χ0n) is 16.9. The number of aryl methyl sites for hydroxylation is 3. The number of aromatic nitrogens is 2. The number of ether oxygens (including phenoxy) is 1. The van der Waals surface area contributed by atoms with Gasteiger partial charge in [-0.2, -0.15) is 18.3 Å². The van der Waals surface area contributed by atoms with Crippen molar-refractivity contribution < 1.29 is 22.7 Å². The molecule has 8 heteroatoms. The Hall–Kier alpha value is -2.35. The summed E-state index contributed by atoms with van der Waals surface area (Å²) < 4.78 is 45.1. The lowest BCUT2D eigenvalue weighted by atomic mass is 10.0. The number of hydrogen-bond donors (Lipinski definition) is 0. The Morgan fingerprint density at radius 3 is 2.72 bits per heavy atom. The summed E-state index contributed by atoms with van der Waals surface area (Å²) >= 11 is 0. The number of carbonyl (C=O) groups is 1. The average molecular weight is 409 g/mol. The van der Waals surface area contributed by atoms with Crippen LogP contribution in [0.5, 0.6) is 0 Å². The summed E-state index contributed by atoms with van der Waals surface area (Å²) in [5.74, 6) is -0.0258. The van der Waals surface area contributed by atoms with Crippen molar-refractivity contribution in [2.75, 3.05) is 19.8 Å². The van der Waals surface area contributed by atoms with E-state index in [0.29, 0.717) is 42.9 Å². The summed E-state index contributed by atoms with van der Waals surface area (Å²) in [6.45, 7) is 5.25. The average Bonchev–Trinajstić information content (AvgIpc) is 2.91. The molecule has 0 spiro atoms. The molecule has 1 atom stereocenters. The van der Waals surface area contributed by atoms with Crippen molar-refractivity contribution in [3.05, 3.63) is 52.3 Å². The number of nitrogens with zero attached hydrogens (tertiary/aromatic N) is 3. The van der Waals surface area contributed by atoms with E-state index < -0.39 is 18.8 Å². The Labute approximate surface area is 168 Å². The molecular formula is C21H26F3N3O2. The molecule has 1 saturated heterocycles. The molecular weight excluding hydrogens is 383 g/mol. The molecule has 0 radical (unpaired) electrons. The van der Waals surface area contributed by atoms with Crippen molar-refractivity contribution in [2.45, 2.75) is 52.4 Å². The van der Waals surface area contributed by atoms with Crippen molar-refractivity contribution in [2.24, 2.45) is 0 Å². The summed E-state index contributed by atoms with van der Waals surface area (Å²) in [6.07, 6.45) is -3.39. The number of hydrogen-bond acceptors (Lipinski definition) is 3. The van der Waals surface area contributed by atoms with E-state index in [1.54, 1.807) is 18.7 Å². The van der Waals surface area contributed by atoms with Crippen LogP contribution in [0.25, 0.3) is 0 Å². The molecule has 1 aromatic heterocycles. The molecule has 2 aromatic rings. The highest BCUT2D eigenvalue weighted by atomic mass is 19.4. The monoisotopic (exact) mass is 409 g/mol. The second-order valence-electron chi connectivity index (χ2n) is 7.52. The van der Waals surface area contributed by atoms with Crippen molar-refractivity contribution >= 4 is 5.91 Å². The third kappa shape index (κ3) is 5.18. The molecule has 0 N–H and O–H groups in total. The predicted molar refractivity (Wildman–Crippen MR) is 103 cm³/mol. The summed E-state index contributed by atoms with van der Waals surface area (Å²) in [5.41, 5.74) is 3.81. The van der Waals surface area contributed by atoms with E-state index >= 15 is 0 Å². The van der Waals surface area contributed by atoms with E-state index in [9.17, 15) is 18.0 Å². The van der Waals surface area contributed by atoms with Gasteiger partial charge in [-0.1, -0.05) is 29.8 Å². The summed E-state index contributed by atoms with van der Waals surface area (Å²) in [6, 6.07) is 7.60. The van der Waals surface area contributed by atoms with Gasteiger partial charge in [-0.05, 0) is 32.8 Å². The number of carbonyl (C=O) groups excluding carboxylic acids is 1. The van der Waals surface area contributed by atoms with Gasteiger partial charge in [0.1, 0.15) is 6.54 Å². The minimum atomic E-state index is -4.35. The molecule has 29 heavy (non-hydrogen) atoms. The van der Waals surface area contributed by atoms with Crippen LogP contribution < -0.4 is 0 Å². The van der Waals surface area contributed by atoms with Crippen LogP contribution in [0, 0.1) is 20.8 Å². The first-order valence-corrected chi connectivity index (χ1v) is 9.69. The van der Waals surface area contributed by atoms with Gasteiger partial charge >= 0.3 is 6.18 Å². The SMILES string of the molecule is Cc1cccc(CCC(=O)N2CCOC[C@@H]2c2c(C)nn(CC(F)(F)F)c2C)c1. The molecule has 2 heterocycles. The van der Waals surface area contributed by atoms with Crippen molar-refractivity contribution in [3.63, 3.8) is 0 Å². The standard InChI is InChI=1S/C21H26F3N3O2/c1-14-5-4-6-17(11-14)7-8-19(28)26-9-10-29-12-18(26)20-15(2)25-27(16(20)3)13-21(22,23)24/h4-6,11,18H,7-10,12-13H2,1-3H3/t18-/m1/s1. The maximum atomic E-state index is 13.0. The lowest BCUT2D eigenvalue weighted by Crippen LogP contribution is -2.44. The third-order valence-electron chi connectivity index (χ3n) is 5.26. The molecule has 1 aliphatic heterocycles. The molecule has 0 bridgehead atoms. The largest absolute Gasteiger partial charge is 0.408 e. The first-order valence-electron chi connectivity index (χ1n) is 9.69. The maximum absolute atomic E-state index is 13.0. The molecule has 158 valence electrons. The fourth-order valence-corrected chi connectivity index (χ4v) is 3.92. The van der Waals surface area contributed by atoms with Crippen LogP contribution >= 0.6 is 0 Å². The number of benzene rings is 1. The fraction of sp³-hybridized carbons (Fsp3) is 0.524. The molecule has 5 nitrogen and oxygen atoms in total. The van der Waals surface area contributed by atoms with E-state index in [2.05, 4.69) is 11.2 Å². The molecule has 0 unspecified atom stereocenters. The number of morpholine rings is 1. The highest BCUT2D eigenvalue weighted by molar-refractivity contribution is 5.77. The van der Waals surface area contributed by atoms with E-state index in [1.807, 2.05) is 25.1 Å². The van der Waals surface area contributed by atoms with Crippen LogP contribution in [0.15, 0.2) is 24.3 Å². The molecule has 0 saturated carbocycles. The van der Waals surface area contributed by atoms with E-state index in [-0.39, 0.29) is 12.5 Å². The highest BCUT2D eigenvalue weighted by Gasteiger charge is 2.35. The van der Waals surface area contributed by atoms with Crippen LogP contribution in [0.4, 0.5) is 13.2 Å². The topological polar surface area (TPSA) is 47.4 Å². The minimum absolute atomic E-state index is 0.0258. The summed E-state index contributed by atoms with van der Waals surface area (Å²) in [7, 11) is 0. The normalized spacial score (nSPS) is 17.6. The molecule has 1 amide bonds. The zero-order valence-corrected chi connectivity index (χ0v) is 16.9. The van der Waals surface area contributed by atoms with Gasteiger partial charge in [0.05, 0.1) is 24.9 Å². The molecule has 1 aromatic carbocycles. The van der Waals surface area contributed by atoms with E-state index in [4.69, 9.17) is 4.74 Å². The quantitative estimate of drug-likeness (QED) is 0.753. The fourth-order valence-electron chi connectivity index (χ4n) is 3.92. The Morgan fingerprint density at radius 2 is 2.03 bits per heavy atom. The lowest BCUT2D eigenvalue weighted by Gasteiger charge is -2.36. The van der Waals surface area contributed by atoms with Crippen LogP contribution in [0.1, 0.15) is 40.5 Å². The predicted octanol–water partition coefficient (Wildman–Crippen LogP) is 3.90. The zero-order chi connectivity index (χ0) is 21.2. The molecule has 1 aliphatic rings. The van der Waals surface area contributed by atoms with Gasteiger partial charge < -0.3 is 9.64 Å². The van der Waals surface area contributed by atoms with Crippen molar-refractivity contribution in [3.8, 4) is 0 Å². The van der Waals surface area contributed by atoms with Gasteiger partial charge in [0.25, 0.3) is 0 Å². The number of rotatable bonds is 5. The molecule has 0 aliphatic carbocycles. The van der Waals surface area contributed by atoms with E-state index in [0.717, 1.165) is 15.8 Å². The van der Waals surface area contributed by atoms with Crippen LogP contribution in [-0.2, 0) is 22.5 Å². The molecule has 1 fully saturated rings. The van der Waals surface area contributed by atoms with Gasteiger partial charge in [0.15, 0.2) is 0 Å². The van der Waals surface area contributed by atoms with Gasteiger partial charge in [-0.3, -0.25) is 9.48 Å². The second-order valence-corrected chi connectivity index (χ2v) is 7.52. The summed E-state index contributed by atoms with van der Waals surface area (Å²) in [5, 5.41) is 4.07. The van der Waals surface area contributed by atoms with E-state index in [1.165, 1.54) is 0 Å². The van der Waals surface area contributed by atoms with Crippen LogP contribution in [0.3, 0.4) is 0 Å². The van der Waals surface area contributed by atoms with Gasteiger partial charge in [-0.25, -0.2) is 0 Å². The van der Waals surface area contributed by atoms with Gasteiger partial charge in [-0.15, -0.1) is 0 Å². The molecule has 3 rings (SSSR count).